The summed E-state index contributed by atoms with van der Waals surface area (Å²) in [6.07, 6.45) is 1.47. The van der Waals surface area contributed by atoms with E-state index in [4.69, 9.17) is 14.2 Å². The molecule has 168 valence electrons. The number of nitrogens with one attached hydrogen (secondary N) is 1. The van der Waals surface area contributed by atoms with Crippen LogP contribution in [0.2, 0.25) is 0 Å². The topological polar surface area (TPSA) is 77.1 Å². The first kappa shape index (κ1) is 24.1. The molecule has 0 saturated carbocycles. The number of benzene rings is 2. The predicted octanol–water partition coefficient (Wildman–Crippen LogP) is 3.07. The Hall–Kier alpha value is -3.22. The molecule has 7 heteroatoms. The molecule has 0 radical (unpaired) electrons. The molecule has 2 rings (SSSR count). The number of carbonyl (C=O) groups is 2. The summed E-state index contributed by atoms with van der Waals surface area (Å²) < 4.78 is 16.2. The smallest absolute Gasteiger partial charge is 0.261 e. The van der Waals surface area contributed by atoms with Crippen LogP contribution in [0.1, 0.15) is 25.8 Å². The summed E-state index contributed by atoms with van der Waals surface area (Å²) in [4.78, 5) is 27.1. The van der Waals surface area contributed by atoms with Gasteiger partial charge in [0, 0.05) is 31.3 Å². The van der Waals surface area contributed by atoms with Crippen molar-refractivity contribution in [2.24, 2.45) is 0 Å². The minimum Gasteiger partial charge on any atom is -0.496 e. The molecule has 0 heterocycles. The van der Waals surface area contributed by atoms with Gasteiger partial charge < -0.3 is 24.4 Å². The van der Waals surface area contributed by atoms with Gasteiger partial charge >= 0.3 is 0 Å². The fourth-order valence-corrected chi connectivity index (χ4v) is 3.06. The zero-order valence-electron chi connectivity index (χ0n) is 18.7. The first-order chi connectivity index (χ1) is 15.0. The molecule has 31 heavy (non-hydrogen) atoms. The van der Waals surface area contributed by atoms with Crippen molar-refractivity contribution in [3.8, 4) is 17.2 Å². The molecule has 2 aromatic rings. The van der Waals surface area contributed by atoms with Crippen molar-refractivity contribution >= 4 is 11.8 Å². The lowest BCUT2D eigenvalue weighted by Crippen LogP contribution is -2.50. The van der Waals surface area contributed by atoms with E-state index in [1.54, 1.807) is 44.2 Å². The van der Waals surface area contributed by atoms with Crippen LogP contribution in [0.25, 0.3) is 0 Å². The second-order valence-corrected chi connectivity index (χ2v) is 7.13. The summed E-state index contributed by atoms with van der Waals surface area (Å²) >= 11 is 0. The number of ether oxygens (including phenoxy) is 3. The number of hydrogen-bond donors (Lipinski definition) is 1. The SMILES string of the molecule is CCCNC(=O)[C@@H](C)N(CCc1ccccc1)C(=O)COc1cc(OC)cc(OC)c1. The Morgan fingerprint density at radius 3 is 2.19 bits per heavy atom. The van der Waals surface area contributed by atoms with Crippen molar-refractivity contribution in [2.45, 2.75) is 32.7 Å². The van der Waals surface area contributed by atoms with E-state index < -0.39 is 6.04 Å². The fraction of sp³-hybridized carbons (Fsp3) is 0.417. The highest BCUT2D eigenvalue weighted by Crippen LogP contribution is 2.27. The van der Waals surface area contributed by atoms with E-state index in [9.17, 15) is 9.59 Å². The molecular formula is C24H32N2O5. The summed E-state index contributed by atoms with van der Waals surface area (Å²) in [5.41, 5.74) is 1.10. The Morgan fingerprint density at radius 2 is 1.61 bits per heavy atom. The van der Waals surface area contributed by atoms with Gasteiger partial charge in [0.15, 0.2) is 6.61 Å². The number of rotatable bonds is 12. The van der Waals surface area contributed by atoms with Gasteiger partial charge in [-0.15, -0.1) is 0 Å². The van der Waals surface area contributed by atoms with Crippen molar-refractivity contribution < 1.29 is 23.8 Å². The monoisotopic (exact) mass is 428 g/mol. The van der Waals surface area contributed by atoms with Gasteiger partial charge in [-0.05, 0) is 25.3 Å². The second kappa shape index (κ2) is 12.5. The van der Waals surface area contributed by atoms with Crippen molar-refractivity contribution in [3.63, 3.8) is 0 Å². The number of carbonyl (C=O) groups excluding carboxylic acids is 2. The molecule has 0 aromatic heterocycles. The molecule has 2 aromatic carbocycles. The summed E-state index contributed by atoms with van der Waals surface area (Å²) in [5.74, 6) is 1.14. The zero-order valence-corrected chi connectivity index (χ0v) is 18.7. The van der Waals surface area contributed by atoms with Crippen LogP contribution in [0.4, 0.5) is 0 Å². The van der Waals surface area contributed by atoms with E-state index in [-0.39, 0.29) is 18.4 Å². The Kier molecular flexibility index (Phi) is 9.68. The Labute approximate surface area is 184 Å². The third-order valence-electron chi connectivity index (χ3n) is 4.89. The van der Waals surface area contributed by atoms with Crippen molar-refractivity contribution in [2.75, 3.05) is 33.9 Å². The first-order valence-corrected chi connectivity index (χ1v) is 10.5. The maximum absolute atomic E-state index is 13.0. The normalized spacial score (nSPS) is 11.4. The van der Waals surface area contributed by atoms with Crippen LogP contribution in [0, 0.1) is 0 Å². The lowest BCUT2D eigenvalue weighted by atomic mass is 10.1. The summed E-state index contributed by atoms with van der Waals surface area (Å²) in [6.45, 7) is 4.51. The maximum atomic E-state index is 13.0. The van der Waals surface area contributed by atoms with E-state index in [1.807, 2.05) is 37.3 Å². The van der Waals surface area contributed by atoms with E-state index in [1.165, 1.54) is 0 Å². The molecule has 1 atom stereocenters. The van der Waals surface area contributed by atoms with Crippen LogP contribution in [0.5, 0.6) is 17.2 Å². The molecule has 2 amide bonds. The van der Waals surface area contributed by atoms with Gasteiger partial charge in [-0.2, -0.15) is 0 Å². The first-order valence-electron chi connectivity index (χ1n) is 10.5. The summed E-state index contributed by atoms with van der Waals surface area (Å²) in [5, 5.41) is 2.86. The van der Waals surface area contributed by atoms with Gasteiger partial charge in [-0.3, -0.25) is 9.59 Å². The predicted molar refractivity (Wildman–Crippen MR) is 120 cm³/mol. The minimum atomic E-state index is -0.605. The van der Waals surface area contributed by atoms with Crippen molar-refractivity contribution in [1.29, 1.82) is 0 Å². The molecule has 0 fully saturated rings. The molecule has 0 spiro atoms. The largest absolute Gasteiger partial charge is 0.496 e. The highest BCUT2D eigenvalue weighted by molar-refractivity contribution is 5.88. The van der Waals surface area contributed by atoms with Gasteiger partial charge in [-0.1, -0.05) is 37.3 Å². The van der Waals surface area contributed by atoms with Crippen LogP contribution in [0.15, 0.2) is 48.5 Å². The maximum Gasteiger partial charge on any atom is 0.261 e. The molecule has 0 aliphatic carbocycles. The fourth-order valence-electron chi connectivity index (χ4n) is 3.06. The van der Waals surface area contributed by atoms with Crippen LogP contribution in [-0.4, -0.2) is 56.7 Å². The third-order valence-corrected chi connectivity index (χ3v) is 4.89. The number of methoxy groups -OCH3 is 2. The van der Waals surface area contributed by atoms with E-state index in [2.05, 4.69) is 5.32 Å². The van der Waals surface area contributed by atoms with Crippen LogP contribution in [-0.2, 0) is 16.0 Å². The summed E-state index contributed by atoms with van der Waals surface area (Å²) in [6, 6.07) is 14.3. The van der Waals surface area contributed by atoms with Crippen LogP contribution < -0.4 is 19.5 Å². The van der Waals surface area contributed by atoms with Crippen molar-refractivity contribution in [3.05, 3.63) is 54.1 Å². The molecule has 7 nitrogen and oxygen atoms in total. The van der Waals surface area contributed by atoms with Gasteiger partial charge in [0.2, 0.25) is 5.91 Å². The Balaban J connectivity index is 2.10. The van der Waals surface area contributed by atoms with E-state index >= 15 is 0 Å². The molecule has 0 bridgehead atoms. The summed E-state index contributed by atoms with van der Waals surface area (Å²) in [7, 11) is 3.09. The Morgan fingerprint density at radius 1 is 1.00 bits per heavy atom. The average molecular weight is 429 g/mol. The average Bonchev–Trinajstić information content (AvgIpc) is 2.81. The molecular weight excluding hydrogens is 396 g/mol. The van der Waals surface area contributed by atoms with E-state index in [0.717, 1.165) is 12.0 Å². The molecule has 0 saturated heterocycles. The van der Waals surface area contributed by atoms with Gasteiger partial charge in [-0.25, -0.2) is 0 Å². The lowest BCUT2D eigenvalue weighted by molar-refractivity contribution is -0.141. The number of nitrogens with zero attached hydrogens (tertiary/aromatic N) is 1. The zero-order chi connectivity index (χ0) is 22.6. The molecule has 1 N–H and O–H groups in total. The molecule has 0 aliphatic heterocycles. The van der Waals surface area contributed by atoms with Crippen molar-refractivity contribution in [1.82, 2.24) is 10.2 Å². The highest BCUT2D eigenvalue weighted by atomic mass is 16.5. The van der Waals surface area contributed by atoms with Gasteiger partial charge in [0.05, 0.1) is 14.2 Å². The van der Waals surface area contributed by atoms with Crippen LogP contribution in [0.3, 0.4) is 0 Å². The molecule has 0 unspecified atom stereocenters. The standard InChI is InChI=1S/C24H32N2O5/c1-5-12-25-24(28)18(2)26(13-11-19-9-7-6-8-10-19)23(27)17-31-22-15-20(29-3)14-21(16-22)30-4/h6-10,14-16,18H,5,11-13,17H2,1-4H3,(H,25,28)/t18-/m1/s1. The van der Waals surface area contributed by atoms with Gasteiger partial charge in [0.1, 0.15) is 23.3 Å². The number of hydrogen-bond acceptors (Lipinski definition) is 5. The third kappa shape index (κ3) is 7.51. The highest BCUT2D eigenvalue weighted by Gasteiger charge is 2.26. The van der Waals surface area contributed by atoms with E-state index in [0.29, 0.717) is 36.8 Å². The Bertz CT molecular complexity index is 819. The van der Waals surface area contributed by atoms with Gasteiger partial charge in [0.25, 0.3) is 5.91 Å². The molecule has 0 aliphatic rings. The number of amides is 2. The quantitative estimate of drug-likeness (QED) is 0.562. The lowest BCUT2D eigenvalue weighted by Gasteiger charge is -2.28. The minimum absolute atomic E-state index is 0.175. The second-order valence-electron chi connectivity index (χ2n) is 7.13. The van der Waals surface area contributed by atoms with Crippen LogP contribution >= 0.6 is 0 Å².